The van der Waals surface area contributed by atoms with E-state index in [2.05, 4.69) is 10.0 Å². The predicted octanol–water partition coefficient (Wildman–Crippen LogP) is 1.81. The number of anilines is 2. The van der Waals surface area contributed by atoms with Crippen LogP contribution in [0.5, 0.6) is 0 Å². The van der Waals surface area contributed by atoms with Crippen LogP contribution in [0.2, 0.25) is 0 Å². The summed E-state index contributed by atoms with van der Waals surface area (Å²) in [5.41, 5.74) is 1.53. The number of aryl methyl sites for hydroxylation is 1. The minimum Gasteiger partial charge on any atom is -0.481 e. The standard InChI is InChI=1S/C15H20N2O5S/c1-9-3-6-12(17-23(2,21)22)13(7-9)16-14(18)10-4-5-11(8-10)15(19)20/h3,6-7,10-11,17H,4-5,8H2,1-2H3,(H,16,18)(H,19,20)/t10-,11+/m1/s1. The molecule has 1 aliphatic rings. The molecule has 0 spiro atoms. The second-order valence-electron chi connectivity index (χ2n) is 5.96. The molecule has 23 heavy (non-hydrogen) atoms. The van der Waals surface area contributed by atoms with Crippen molar-refractivity contribution in [1.82, 2.24) is 0 Å². The lowest BCUT2D eigenvalue weighted by Gasteiger charge is -2.15. The van der Waals surface area contributed by atoms with Gasteiger partial charge in [0.1, 0.15) is 0 Å². The number of aliphatic carboxylic acids is 1. The molecule has 2 rings (SSSR count). The molecule has 1 fully saturated rings. The molecule has 0 bridgehead atoms. The van der Waals surface area contributed by atoms with Crippen molar-refractivity contribution in [1.29, 1.82) is 0 Å². The van der Waals surface area contributed by atoms with Gasteiger partial charge in [0.2, 0.25) is 15.9 Å². The molecule has 0 radical (unpaired) electrons. The van der Waals surface area contributed by atoms with E-state index in [0.29, 0.717) is 30.6 Å². The van der Waals surface area contributed by atoms with E-state index in [1.54, 1.807) is 18.2 Å². The Hall–Kier alpha value is -2.09. The summed E-state index contributed by atoms with van der Waals surface area (Å²) >= 11 is 0. The average molecular weight is 340 g/mol. The quantitative estimate of drug-likeness (QED) is 0.756. The van der Waals surface area contributed by atoms with Crippen molar-refractivity contribution in [3.8, 4) is 0 Å². The highest BCUT2D eigenvalue weighted by Gasteiger charge is 2.34. The van der Waals surface area contributed by atoms with Gasteiger partial charge >= 0.3 is 5.97 Å². The summed E-state index contributed by atoms with van der Waals surface area (Å²) in [5, 5.41) is 11.7. The van der Waals surface area contributed by atoms with Gasteiger partial charge in [-0.15, -0.1) is 0 Å². The highest BCUT2D eigenvalue weighted by Crippen LogP contribution is 2.33. The zero-order valence-electron chi connectivity index (χ0n) is 13.0. The van der Waals surface area contributed by atoms with Crippen LogP contribution in [0.3, 0.4) is 0 Å². The van der Waals surface area contributed by atoms with Gasteiger partial charge in [0.05, 0.1) is 23.5 Å². The first kappa shape index (κ1) is 17.3. The molecule has 0 unspecified atom stereocenters. The van der Waals surface area contributed by atoms with E-state index in [-0.39, 0.29) is 11.8 Å². The summed E-state index contributed by atoms with van der Waals surface area (Å²) in [6.45, 7) is 1.83. The minimum absolute atomic E-state index is 0.282. The van der Waals surface area contributed by atoms with Gasteiger partial charge in [-0.1, -0.05) is 6.07 Å². The summed E-state index contributed by atoms with van der Waals surface area (Å²) in [6, 6.07) is 4.99. The van der Waals surface area contributed by atoms with Crippen molar-refractivity contribution in [2.45, 2.75) is 26.2 Å². The van der Waals surface area contributed by atoms with Crippen LogP contribution in [0.15, 0.2) is 18.2 Å². The molecule has 8 heteroatoms. The first-order valence-electron chi connectivity index (χ1n) is 7.28. The zero-order chi connectivity index (χ0) is 17.2. The summed E-state index contributed by atoms with van der Waals surface area (Å²) in [7, 11) is -3.47. The van der Waals surface area contributed by atoms with E-state index >= 15 is 0 Å². The van der Waals surface area contributed by atoms with Crippen LogP contribution in [0, 0.1) is 18.8 Å². The lowest BCUT2D eigenvalue weighted by atomic mass is 10.0. The molecule has 1 amide bonds. The number of carboxylic acids is 1. The van der Waals surface area contributed by atoms with Crippen LogP contribution in [0.1, 0.15) is 24.8 Å². The molecule has 7 nitrogen and oxygen atoms in total. The maximum atomic E-state index is 12.3. The Bertz CT molecular complexity index is 729. The Kier molecular flexibility index (Phi) is 4.93. The number of benzene rings is 1. The molecule has 0 aliphatic heterocycles. The third kappa shape index (κ3) is 4.69. The molecule has 1 saturated carbocycles. The molecule has 2 atom stereocenters. The van der Waals surface area contributed by atoms with Gasteiger partial charge in [-0.2, -0.15) is 0 Å². The molecule has 1 aromatic rings. The number of carbonyl (C=O) groups excluding carboxylic acids is 1. The topological polar surface area (TPSA) is 113 Å². The maximum absolute atomic E-state index is 12.3. The number of sulfonamides is 1. The van der Waals surface area contributed by atoms with Gasteiger partial charge in [0, 0.05) is 5.92 Å². The van der Waals surface area contributed by atoms with Crippen molar-refractivity contribution < 1.29 is 23.1 Å². The second-order valence-corrected chi connectivity index (χ2v) is 7.71. The highest BCUT2D eigenvalue weighted by molar-refractivity contribution is 7.92. The number of nitrogens with one attached hydrogen (secondary N) is 2. The fraction of sp³-hybridized carbons (Fsp3) is 0.467. The van der Waals surface area contributed by atoms with Gasteiger partial charge in [-0.25, -0.2) is 8.42 Å². The van der Waals surface area contributed by atoms with Gasteiger partial charge in [-0.3, -0.25) is 14.3 Å². The number of hydrogen-bond acceptors (Lipinski definition) is 4. The van der Waals surface area contributed by atoms with Gasteiger partial charge in [0.25, 0.3) is 0 Å². The Balaban J connectivity index is 2.14. The Morgan fingerprint density at radius 2 is 1.83 bits per heavy atom. The molecule has 1 aliphatic carbocycles. The number of hydrogen-bond donors (Lipinski definition) is 3. The number of rotatable bonds is 5. The lowest BCUT2D eigenvalue weighted by Crippen LogP contribution is -2.23. The number of amides is 1. The fourth-order valence-electron chi connectivity index (χ4n) is 2.73. The molecule has 1 aromatic carbocycles. The molecular weight excluding hydrogens is 320 g/mol. The first-order valence-corrected chi connectivity index (χ1v) is 9.17. The summed E-state index contributed by atoms with van der Waals surface area (Å²) < 4.78 is 25.2. The van der Waals surface area contributed by atoms with Crippen LogP contribution < -0.4 is 10.0 Å². The van der Waals surface area contributed by atoms with Crippen LogP contribution in [-0.2, 0) is 19.6 Å². The van der Waals surface area contributed by atoms with Crippen LogP contribution in [0.25, 0.3) is 0 Å². The van der Waals surface area contributed by atoms with Crippen molar-refractivity contribution in [2.75, 3.05) is 16.3 Å². The molecule has 126 valence electrons. The Morgan fingerprint density at radius 3 is 2.39 bits per heavy atom. The van der Waals surface area contributed by atoms with E-state index in [1.807, 2.05) is 6.92 Å². The van der Waals surface area contributed by atoms with Crippen LogP contribution in [-0.4, -0.2) is 31.7 Å². The van der Waals surface area contributed by atoms with Gasteiger partial charge < -0.3 is 10.4 Å². The van der Waals surface area contributed by atoms with Gasteiger partial charge in [-0.05, 0) is 43.9 Å². The number of carboxylic acid groups (broad SMARTS) is 1. The third-order valence-corrected chi connectivity index (χ3v) is 4.47. The molecule has 0 heterocycles. The monoisotopic (exact) mass is 340 g/mol. The third-order valence-electron chi connectivity index (χ3n) is 3.88. The molecule has 3 N–H and O–H groups in total. The van der Waals surface area contributed by atoms with E-state index in [4.69, 9.17) is 5.11 Å². The van der Waals surface area contributed by atoms with Crippen molar-refractivity contribution in [3.05, 3.63) is 23.8 Å². The van der Waals surface area contributed by atoms with Gasteiger partial charge in [0.15, 0.2) is 0 Å². The second kappa shape index (κ2) is 6.57. The first-order chi connectivity index (χ1) is 10.7. The SMILES string of the molecule is Cc1ccc(NS(C)(=O)=O)c(NC(=O)[C@@H]2CC[C@H](C(=O)O)C2)c1. The van der Waals surface area contributed by atoms with Crippen LogP contribution >= 0.6 is 0 Å². The Labute approximate surface area is 135 Å². The highest BCUT2D eigenvalue weighted by atomic mass is 32.2. The van der Waals surface area contributed by atoms with Crippen molar-refractivity contribution in [3.63, 3.8) is 0 Å². The van der Waals surface area contributed by atoms with E-state index in [9.17, 15) is 18.0 Å². The number of carbonyl (C=O) groups is 2. The molecule has 0 aromatic heterocycles. The van der Waals surface area contributed by atoms with Crippen molar-refractivity contribution in [2.24, 2.45) is 11.8 Å². The predicted molar refractivity (Wildman–Crippen MR) is 86.7 cm³/mol. The normalized spacial score (nSPS) is 21.0. The molecule has 0 saturated heterocycles. The minimum atomic E-state index is -3.47. The zero-order valence-corrected chi connectivity index (χ0v) is 13.8. The van der Waals surface area contributed by atoms with E-state index < -0.39 is 21.9 Å². The summed E-state index contributed by atoms with van der Waals surface area (Å²) in [4.78, 5) is 23.3. The van der Waals surface area contributed by atoms with E-state index in [0.717, 1.165) is 11.8 Å². The lowest BCUT2D eigenvalue weighted by molar-refractivity contribution is -0.141. The molecular formula is C15H20N2O5S. The smallest absolute Gasteiger partial charge is 0.306 e. The summed E-state index contributed by atoms with van der Waals surface area (Å²) in [6.07, 6.45) is 2.34. The Morgan fingerprint density at radius 1 is 1.17 bits per heavy atom. The summed E-state index contributed by atoms with van der Waals surface area (Å²) in [5.74, 6) is -2.02. The van der Waals surface area contributed by atoms with E-state index in [1.165, 1.54) is 0 Å². The van der Waals surface area contributed by atoms with Crippen LogP contribution in [0.4, 0.5) is 11.4 Å². The average Bonchev–Trinajstić information content (AvgIpc) is 2.90. The maximum Gasteiger partial charge on any atom is 0.306 e. The van der Waals surface area contributed by atoms with Crippen molar-refractivity contribution >= 4 is 33.3 Å². The largest absolute Gasteiger partial charge is 0.481 e. The fourth-order valence-corrected chi connectivity index (χ4v) is 3.31.